The van der Waals surface area contributed by atoms with E-state index in [2.05, 4.69) is 39.6 Å². The first kappa shape index (κ1) is 16.4. The zero-order valence-electron chi connectivity index (χ0n) is 14.2. The summed E-state index contributed by atoms with van der Waals surface area (Å²) in [6, 6.07) is 8.85. The molecule has 1 aromatic carbocycles. The van der Waals surface area contributed by atoms with Crippen LogP contribution in [-0.4, -0.2) is 28.0 Å². The Morgan fingerprint density at radius 3 is 2.42 bits per heavy atom. The van der Waals surface area contributed by atoms with E-state index in [9.17, 15) is 4.79 Å². The third-order valence-corrected chi connectivity index (χ3v) is 4.23. The zero-order chi connectivity index (χ0) is 16.9. The predicted molar refractivity (Wildman–Crippen MR) is 92.7 cm³/mol. The van der Waals surface area contributed by atoms with Gasteiger partial charge in [0.2, 0.25) is 5.91 Å². The van der Waals surface area contributed by atoms with Gasteiger partial charge >= 0.3 is 6.01 Å². The van der Waals surface area contributed by atoms with Crippen LogP contribution in [0.4, 0.5) is 0 Å². The summed E-state index contributed by atoms with van der Waals surface area (Å²) in [6.07, 6.45) is 8.14. The van der Waals surface area contributed by atoms with Crippen LogP contribution >= 0.6 is 0 Å². The minimum Gasteiger partial charge on any atom is -0.460 e. The van der Waals surface area contributed by atoms with E-state index in [0.717, 1.165) is 30.4 Å². The molecule has 2 aromatic rings. The molecule has 0 radical (unpaired) electrons. The predicted octanol–water partition coefficient (Wildman–Crippen LogP) is 3.14. The average molecular weight is 325 g/mol. The van der Waals surface area contributed by atoms with Gasteiger partial charge in [0.25, 0.3) is 0 Å². The monoisotopic (exact) mass is 325 g/mol. The van der Waals surface area contributed by atoms with E-state index in [1.54, 1.807) is 12.4 Å². The van der Waals surface area contributed by atoms with Gasteiger partial charge in [0.15, 0.2) is 0 Å². The molecule has 24 heavy (non-hydrogen) atoms. The molecule has 0 saturated heterocycles. The van der Waals surface area contributed by atoms with Crippen LogP contribution in [0.2, 0.25) is 0 Å². The van der Waals surface area contributed by atoms with Gasteiger partial charge in [-0.3, -0.25) is 4.79 Å². The fourth-order valence-corrected chi connectivity index (χ4v) is 2.75. The Balaban J connectivity index is 1.61. The number of rotatable bonds is 6. The second-order valence-electron chi connectivity index (χ2n) is 6.43. The number of nitrogens with one attached hydrogen (secondary N) is 1. The first-order valence-electron chi connectivity index (χ1n) is 8.45. The molecule has 1 heterocycles. The number of amides is 1. The highest BCUT2D eigenvalue weighted by molar-refractivity contribution is 5.73. The number of aromatic nitrogens is 2. The number of carbonyl (C=O) groups excluding carboxylic acids is 1. The van der Waals surface area contributed by atoms with Gasteiger partial charge in [0.1, 0.15) is 6.10 Å². The molecule has 3 rings (SSSR count). The lowest BCUT2D eigenvalue weighted by Crippen LogP contribution is -2.31. The molecule has 0 spiro atoms. The SMILES string of the molecule is CC(=O)NC(C)Cc1ccc(-c2cnc(OC3CCC3)nc2)cc1. The molecule has 0 aliphatic heterocycles. The van der Waals surface area contributed by atoms with Crippen LogP contribution < -0.4 is 10.1 Å². The number of benzene rings is 1. The highest BCUT2D eigenvalue weighted by Crippen LogP contribution is 2.24. The van der Waals surface area contributed by atoms with Crippen molar-refractivity contribution in [3.63, 3.8) is 0 Å². The van der Waals surface area contributed by atoms with Crippen LogP contribution in [0.3, 0.4) is 0 Å². The Kier molecular flexibility index (Phi) is 5.08. The first-order valence-corrected chi connectivity index (χ1v) is 8.45. The molecule has 5 nitrogen and oxygen atoms in total. The van der Waals surface area contributed by atoms with Crippen LogP contribution in [0.15, 0.2) is 36.7 Å². The number of hydrogen-bond donors (Lipinski definition) is 1. The van der Waals surface area contributed by atoms with Crippen LogP contribution in [0.25, 0.3) is 11.1 Å². The fraction of sp³-hybridized carbons (Fsp3) is 0.421. The Hall–Kier alpha value is -2.43. The minimum atomic E-state index is 0.000443. The van der Waals surface area contributed by atoms with Crippen LogP contribution in [0.5, 0.6) is 6.01 Å². The molecule has 1 atom stereocenters. The van der Waals surface area contributed by atoms with Crippen molar-refractivity contribution in [2.24, 2.45) is 0 Å². The number of nitrogens with zero attached hydrogens (tertiary/aromatic N) is 2. The standard InChI is InChI=1S/C19H23N3O2/c1-13(22-14(2)23)10-15-6-8-16(9-7-15)17-11-20-19(21-12-17)24-18-4-3-5-18/h6-9,11-13,18H,3-5,10H2,1-2H3,(H,22,23). The maximum absolute atomic E-state index is 11.1. The van der Waals surface area contributed by atoms with E-state index < -0.39 is 0 Å². The van der Waals surface area contributed by atoms with Gasteiger partial charge in [0, 0.05) is 30.9 Å². The smallest absolute Gasteiger partial charge is 0.316 e. The molecular weight excluding hydrogens is 302 g/mol. The zero-order valence-corrected chi connectivity index (χ0v) is 14.2. The van der Waals surface area contributed by atoms with E-state index in [1.807, 2.05) is 6.92 Å². The number of hydrogen-bond acceptors (Lipinski definition) is 4. The van der Waals surface area contributed by atoms with Crippen LogP contribution in [0.1, 0.15) is 38.7 Å². The second kappa shape index (κ2) is 7.43. The lowest BCUT2D eigenvalue weighted by Gasteiger charge is -2.24. The van der Waals surface area contributed by atoms with Gasteiger partial charge in [-0.05, 0) is 43.7 Å². The summed E-state index contributed by atoms with van der Waals surface area (Å²) in [7, 11) is 0. The minimum absolute atomic E-state index is 0.000443. The molecule has 5 heteroatoms. The summed E-state index contributed by atoms with van der Waals surface area (Å²) in [6.45, 7) is 3.54. The van der Waals surface area contributed by atoms with Gasteiger partial charge < -0.3 is 10.1 Å². The molecule has 1 aromatic heterocycles. The van der Waals surface area contributed by atoms with E-state index >= 15 is 0 Å². The van der Waals surface area contributed by atoms with E-state index in [1.165, 1.54) is 18.9 Å². The first-order chi connectivity index (χ1) is 11.6. The Morgan fingerprint density at radius 1 is 1.21 bits per heavy atom. The van der Waals surface area contributed by atoms with Crippen LogP contribution in [-0.2, 0) is 11.2 Å². The van der Waals surface area contributed by atoms with Crippen molar-refractivity contribution in [3.05, 3.63) is 42.2 Å². The lowest BCUT2D eigenvalue weighted by molar-refractivity contribution is -0.119. The third kappa shape index (κ3) is 4.31. The number of ether oxygens (including phenoxy) is 1. The second-order valence-corrected chi connectivity index (χ2v) is 6.43. The summed E-state index contributed by atoms with van der Waals surface area (Å²) in [5, 5.41) is 2.90. The molecule has 126 valence electrons. The topological polar surface area (TPSA) is 64.1 Å². The normalized spacial score (nSPS) is 15.4. The Labute approximate surface area is 142 Å². The largest absolute Gasteiger partial charge is 0.460 e. The van der Waals surface area contributed by atoms with Crippen molar-refractivity contribution in [1.82, 2.24) is 15.3 Å². The molecule has 1 N–H and O–H groups in total. The highest BCUT2D eigenvalue weighted by Gasteiger charge is 2.20. The Morgan fingerprint density at radius 2 is 1.88 bits per heavy atom. The van der Waals surface area contributed by atoms with Crippen molar-refractivity contribution < 1.29 is 9.53 Å². The van der Waals surface area contributed by atoms with E-state index in [-0.39, 0.29) is 11.9 Å². The maximum Gasteiger partial charge on any atom is 0.316 e. The van der Waals surface area contributed by atoms with E-state index in [0.29, 0.717) is 12.1 Å². The van der Waals surface area contributed by atoms with Crippen molar-refractivity contribution in [3.8, 4) is 17.1 Å². The van der Waals surface area contributed by atoms with Gasteiger partial charge in [-0.2, -0.15) is 0 Å². The molecule has 0 bridgehead atoms. The summed E-state index contributed by atoms with van der Waals surface area (Å²) in [4.78, 5) is 19.7. The van der Waals surface area contributed by atoms with Gasteiger partial charge in [0.05, 0.1) is 0 Å². The molecule has 1 aliphatic carbocycles. The summed E-state index contributed by atoms with van der Waals surface area (Å²) in [5.41, 5.74) is 3.23. The third-order valence-electron chi connectivity index (χ3n) is 4.23. The summed E-state index contributed by atoms with van der Waals surface area (Å²) in [5.74, 6) is 0.000443. The highest BCUT2D eigenvalue weighted by atomic mass is 16.5. The van der Waals surface area contributed by atoms with Gasteiger partial charge in [-0.25, -0.2) is 9.97 Å². The molecule has 1 saturated carbocycles. The quantitative estimate of drug-likeness (QED) is 0.886. The fourth-order valence-electron chi connectivity index (χ4n) is 2.75. The van der Waals surface area contributed by atoms with E-state index in [4.69, 9.17) is 4.74 Å². The molecular formula is C19H23N3O2. The van der Waals surface area contributed by atoms with Crippen molar-refractivity contribution in [2.75, 3.05) is 0 Å². The van der Waals surface area contributed by atoms with Crippen molar-refractivity contribution >= 4 is 5.91 Å². The maximum atomic E-state index is 11.1. The van der Waals surface area contributed by atoms with Gasteiger partial charge in [-0.15, -0.1) is 0 Å². The summed E-state index contributed by atoms with van der Waals surface area (Å²) >= 11 is 0. The molecule has 1 unspecified atom stereocenters. The van der Waals surface area contributed by atoms with Crippen molar-refractivity contribution in [1.29, 1.82) is 0 Å². The molecule has 1 aliphatic rings. The number of carbonyl (C=O) groups is 1. The Bertz CT molecular complexity index is 679. The van der Waals surface area contributed by atoms with Gasteiger partial charge in [-0.1, -0.05) is 24.3 Å². The molecule has 1 fully saturated rings. The summed E-state index contributed by atoms with van der Waals surface area (Å²) < 4.78 is 5.68. The van der Waals surface area contributed by atoms with Crippen LogP contribution in [0, 0.1) is 0 Å². The molecule has 1 amide bonds. The van der Waals surface area contributed by atoms with Crippen molar-refractivity contribution in [2.45, 2.75) is 51.7 Å². The lowest BCUT2D eigenvalue weighted by atomic mass is 9.96. The average Bonchev–Trinajstić information content (AvgIpc) is 2.51.